The molecule has 0 unspecified atom stereocenters. The van der Waals surface area contributed by atoms with Crippen LogP contribution in [0, 0.1) is 17.6 Å². The number of hydrogen-bond acceptors (Lipinski definition) is 1. The van der Waals surface area contributed by atoms with E-state index in [1.807, 2.05) is 13.8 Å². The molecule has 0 saturated heterocycles. The fourth-order valence-electron chi connectivity index (χ4n) is 1.71. The van der Waals surface area contributed by atoms with Crippen molar-refractivity contribution in [3.05, 3.63) is 35.4 Å². The molecule has 1 aromatic carbocycles. The number of ketones is 1. The Balaban J connectivity index is 2.88. The Morgan fingerprint density at radius 1 is 1.19 bits per heavy atom. The average Bonchev–Trinajstić information content (AvgIpc) is 2.25. The minimum atomic E-state index is -0.768. The van der Waals surface area contributed by atoms with E-state index in [0.717, 1.165) is 25.0 Å². The predicted molar refractivity (Wildman–Crippen MR) is 59.4 cm³/mol. The summed E-state index contributed by atoms with van der Waals surface area (Å²) in [5.74, 6) is -1.78. The van der Waals surface area contributed by atoms with Gasteiger partial charge in [-0.25, -0.2) is 8.78 Å². The molecule has 0 heterocycles. The van der Waals surface area contributed by atoms with Crippen LogP contribution in [0.4, 0.5) is 8.78 Å². The fourth-order valence-corrected chi connectivity index (χ4v) is 1.71. The van der Waals surface area contributed by atoms with E-state index in [1.54, 1.807) is 0 Å². The summed E-state index contributed by atoms with van der Waals surface area (Å²) in [5.41, 5.74) is -0.394. The minimum Gasteiger partial charge on any atom is -0.294 e. The Bertz CT molecular complexity index is 350. The van der Waals surface area contributed by atoms with Gasteiger partial charge in [0.1, 0.15) is 11.6 Å². The van der Waals surface area contributed by atoms with Gasteiger partial charge in [0.15, 0.2) is 5.78 Å². The summed E-state index contributed by atoms with van der Waals surface area (Å²) >= 11 is 0. The zero-order valence-corrected chi connectivity index (χ0v) is 9.59. The Morgan fingerprint density at radius 3 is 2.12 bits per heavy atom. The maximum absolute atomic E-state index is 13.3. The molecule has 0 aromatic heterocycles. The lowest BCUT2D eigenvalue weighted by Crippen LogP contribution is -2.11. The molecule has 3 heteroatoms. The van der Waals surface area contributed by atoms with E-state index in [9.17, 15) is 13.6 Å². The first-order valence-corrected chi connectivity index (χ1v) is 5.57. The molecule has 0 fully saturated rings. The Hall–Kier alpha value is -1.25. The van der Waals surface area contributed by atoms with Crippen LogP contribution >= 0.6 is 0 Å². The van der Waals surface area contributed by atoms with E-state index >= 15 is 0 Å². The molecule has 0 atom stereocenters. The molecular weight excluding hydrogens is 210 g/mol. The highest BCUT2D eigenvalue weighted by Crippen LogP contribution is 2.20. The van der Waals surface area contributed by atoms with Crippen molar-refractivity contribution in [3.8, 4) is 0 Å². The SMILES string of the molecule is CCC(CC)CC(=O)c1c(F)cccc1F. The van der Waals surface area contributed by atoms with Crippen molar-refractivity contribution in [2.75, 3.05) is 0 Å². The molecule has 0 amide bonds. The van der Waals surface area contributed by atoms with Gasteiger partial charge in [0.25, 0.3) is 0 Å². The average molecular weight is 226 g/mol. The van der Waals surface area contributed by atoms with Crippen molar-refractivity contribution in [2.45, 2.75) is 33.1 Å². The summed E-state index contributed by atoms with van der Waals surface area (Å²) in [7, 11) is 0. The van der Waals surface area contributed by atoms with E-state index in [1.165, 1.54) is 6.07 Å². The quantitative estimate of drug-likeness (QED) is 0.694. The van der Waals surface area contributed by atoms with Crippen LogP contribution in [0.3, 0.4) is 0 Å². The van der Waals surface area contributed by atoms with Gasteiger partial charge in [-0.2, -0.15) is 0 Å². The molecule has 16 heavy (non-hydrogen) atoms. The maximum atomic E-state index is 13.3. The molecule has 0 radical (unpaired) electrons. The lowest BCUT2D eigenvalue weighted by molar-refractivity contribution is 0.0950. The lowest BCUT2D eigenvalue weighted by atomic mass is 9.93. The zero-order valence-electron chi connectivity index (χ0n) is 9.59. The van der Waals surface area contributed by atoms with Gasteiger partial charge in [0.05, 0.1) is 5.56 Å². The zero-order chi connectivity index (χ0) is 12.1. The van der Waals surface area contributed by atoms with E-state index in [4.69, 9.17) is 0 Å². The van der Waals surface area contributed by atoms with Crippen LogP contribution in [-0.4, -0.2) is 5.78 Å². The van der Waals surface area contributed by atoms with Gasteiger partial charge in [0.2, 0.25) is 0 Å². The van der Waals surface area contributed by atoms with Crippen LogP contribution in [0.15, 0.2) is 18.2 Å². The normalized spacial score (nSPS) is 10.8. The van der Waals surface area contributed by atoms with Crippen molar-refractivity contribution in [1.29, 1.82) is 0 Å². The summed E-state index contributed by atoms with van der Waals surface area (Å²) in [4.78, 5) is 11.7. The Kier molecular flexibility index (Phi) is 4.59. The number of Topliss-reactive ketones (excluding diaryl/α,β-unsaturated/α-hetero) is 1. The standard InChI is InChI=1S/C13H16F2O/c1-3-9(4-2)8-12(16)13-10(14)6-5-7-11(13)15/h5-7,9H,3-4,8H2,1-2H3. The molecule has 0 spiro atoms. The third-order valence-electron chi connectivity index (χ3n) is 2.87. The van der Waals surface area contributed by atoms with Crippen LogP contribution in [0.25, 0.3) is 0 Å². The van der Waals surface area contributed by atoms with Gasteiger partial charge < -0.3 is 0 Å². The molecule has 0 bridgehead atoms. The van der Waals surface area contributed by atoms with Crippen LogP contribution in [-0.2, 0) is 0 Å². The van der Waals surface area contributed by atoms with Crippen molar-refractivity contribution < 1.29 is 13.6 Å². The highest BCUT2D eigenvalue weighted by molar-refractivity contribution is 5.96. The van der Waals surface area contributed by atoms with Crippen molar-refractivity contribution in [2.24, 2.45) is 5.92 Å². The number of carbonyl (C=O) groups is 1. The summed E-state index contributed by atoms with van der Waals surface area (Å²) in [6.45, 7) is 3.94. The number of carbonyl (C=O) groups excluding carboxylic acids is 1. The first-order chi connectivity index (χ1) is 7.60. The molecule has 88 valence electrons. The summed E-state index contributed by atoms with van der Waals surface area (Å²) in [5, 5.41) is 0. The van der Waals surface area contributed by atoms with Gasteiger partial charge in [0, 0.05) is 6.42 Å². The Morgan fingerprint density at radius 2 is 1.69 bits per heavy atom. The van der Waals surface area contributed by atoms with E-state index in [-0.39, 0.29) is 12.3 Å². The van der Waals surface area contributed by atoms with Crippen molar-refractivity contribution >= 4 is 5.78 Å². The molecule has 0 aliphatic carbocycles. The molecule has 0 saturated carbocycles. The molecule has 1 nitrogen and oxygen atoms in total. The van der Waals surface area contributed by atoms with Crippen molar-refractivity contribution in [3.63, 3.8) is 0 Å². The molecule has 1 aromatic rings. The second-order valence-corrected chi connectivity index (χ2v) is 3.91. The van der Waals surface area contributed by atoms with Gasteiger partial charge >= 0.3 is 0 Å². The first kappa shape index (κ1) is 12.8. The summed E-state index contributed by atoms with van der Waals surface area (Å²) < 4.78 is 26.6. The fraction of sp³-hybridized carbons (Fsp3) is 0.462. The number of halogens is 2. The lowest BCUT2D eigenvalue weighted by Gasteiger charge is -2.11. The number of benzene rings is 1. The molecule has 0 aliphatic heterocycles. The van der Waals surface area contributed by atoms with Crippen LogP contribution < -0.4 is 0 Å². The van der Waals surface area contributed by atoms with Crippen LogP contribution in [0.2, 0.25) is 0 Å². The topological polar surface area (TPSA) is 17.1 Å². The largest absolute Gasteiger partial charge is 0.294 e. The minimum absolute atomic E-state index is 0.200. The van der Waals surface area contributed by atoms with Gasteiger partial charge in [-0.05, 0) is 18.1 Å². The van der Waals surface area contributed by atoms with Crippen LogP contribution in [0.5, 0.6) is 0 Å². The molecule has 1 rings (SSSR count). The maximum Gasteiger partial charge on any atom is 0.169 e. The first-order valence-electron chi connectivity index (χ1n) is 5.57. The molecule has 0 N–H and O–H groups in total. The predicted octanol–water partition coefficient (Wildman–Crippen LogP) is 3.97. The van der Waals surface area contributed by atoms with Gasteiger partial charge in [-0.3, -0.25) is 4.79 Å². The number of hydrogen-bond donors (Lipinski definition) is 0. The summed E-state index contributed by atoms with van der Waals surface area (Å²) in [6.07, 6.45) is 1.90. The Labute approximate surface area is 94.5 Å². The second kappa shape index (κ2) is 5.73. The highest BCUT2D eigenvalue weighted by atomic mass is 19.1. The molecular formula is C13H16F2O. The van der Waals surface area contributed by atoms with Gasteiger partial charge in [-0.15, -0.1) is 0 Å². The van der Waals surface area contributed by atoms with E-state index < -0.39 is 23.0 Å². The third-order valence-corrected chi connectivity index (χ3v) is 2.87. The smallest absolute Gasteiger partial charge is 0.169 e. The van der Waals surface area contributed by atoms with E-state index in [2.05, 4.69) is 0 Å². The third kappa shape index (κ3) is 2.87. The monoisotopic (exact) mass is 226 g/mol. The van der Waals surface area contributed by atoms with Crippen molar-refractivity contribution in [1.82, 2.24) is 0 Å². The second-order valence-electron chi connectivity index (χ2n) is 3.91. The van der Waals surface area contributed by atoms with Crippen LogP contribution in [0.1, 0.15) is 43.5 Å². The number of rotatable bonds is 5. The molecule has 0 aliphatic rings. The summed E-state index contributed by atoms with van der Waals surface area (Å²) in [6, 6.07) is 3.49. The van der Waals surface area contributed by atoms with E-state index in [0.29, 0.717) is 0 Å². The van der Waals surface area contributed by atoms with Gasteiger partial charge in [-0.1, -0.05) is 32.8 Å². The highest BCUT2D eigenvalue weighted by Gasteiger charge is 2.19.